The van der Waals surface area contributed by atoms with Crippen molar-refractivity contribution in [2.45, 2.75) is 38.5 Å². The fourth-order valence-electron chi connectivity index (χ4n) is 1.76. The zero-order valence-corrected chi connectivity index (χ0v) is 10.8. The smallest absolute Gasteiger partial charge is 0.208 e. The first kappa shape index (κ1) is 14.4. The second-order valence-electron chi connectivity index (χ2n) is 5.56. The lowest BCUT2D eigenvalue weighted by Crippen LogP contribution is -2.37. The molecule has 0 spiro atoms. The predicted molar refractivity (Wildman–Crippen MR) is 67.3 cm³/mol. The van der Waals surface area contributed by atoms with Gasteiger partial charge in [0.2, 0.25) is 5.79 Å². The summed E-state index contributed by atoms with van der Waals surface area (Å²) in [7, 11) is 0. The third-order valence-corrected chi connectivity index (χ3v) is 2.77. The number of nitrogens with one attached hydrogen (secondary N) is 1. The Morgan fingerprint density at radius 1 is 1.35 bits per heavy atom. The van der Waals surface area contributed by atoms with Crippen LogP contribution in [0.4, 0.5) is 0 Å². The second kappa shape index (κ2) is 5.31. The summed E-state index contributed by atoms with van der Waals surface area (Å²) in [4.78, 5) is 0. The van der Waals surface area contributed by atoms with Gasteiger partial charge in [-0.15, -0.1) is 0 Å². The fraction of sp³-hybridized carbons (Fsp3) is 0.692. The molecule has 4 nitrogen and oxygen atoms in total. The molecule has 1 aliphatic carbocycles. The molecule has 0 amide bonds. The molecule has 98 valence electrons. The molecule has 4 N–H and O–H groups in total. The summed E-state index contributed by atoms with van der Waals surface area (Å²) in [6.07, 6.45) is 5.70. The number of aliphatic hydroxyl groups is 3. The topological polar surface area (TPSA) is 72.7 Å². The highest BCUT2D eigenvalue weighted by molar-refractivity contribution is 5.27. The summed E-state index contributed by atoms with van der Waals surface area (Å²) in [5, 5.41) is 31.5. The Bertz CT molecular complexity index is 313. The Hall–Kier alpha value is -0.680. The molecular weight excluding hydrogens is 218 g/mol. The van der Waals surface area contributed by atoms with E-state index >= 15 is 0 Å². The van der Waals surface area contributed by atoms with E-state index in [0.29, 0.717) is 0 Å². The van der Waals surface area contributed by atoms with Crippen LogP contribution >= 0.6 is 0 Å². The monoisotopic (exact) mass is 241 g/mol. The van der Waals surface area contributed by atoms with Gasteiger partial charge in [0, 0.05) is 11.1 Å². The Balaban J connectivity index is 2.50. The summed E-state index contributed by atoms with van der Waals surface area (Å²) in [6.45, 7) is 6.82. The van der Waals surface area contributed by atoms with Crippen LogP contribution in [0.3, 0.4) is 0 Å². The fourth-order valence-corrected chi connectivity index (χ4v) is 1.76. The SMILES string of the molecule is CC(C)(C)NCCC1C=CC(O)(O)C(CO)=C1. The Morgan fingerprint density at radius 2 is 2.00 bits per heavy atom. The lowest BCUT2D eigenvalue weighted by atomic mass is 9.91. The standard InChI is InChI=1S/C13H23NO3/c1-12(2,3)14-7-5-10-4-6-13(16,17)11(8-10)9-15/h4,6,8,10,14-17H,5,7,9H2,1-3H3. The van der Waals surface area contributed by atoms with E-state index in [2.05, 4.69) is 26.1 Å². The number of allylic oxidation sites excluding steroid dienone is 2. The average molecular weight is 241 g/mol. The largest absolute Gasteiger partial charge is 0.392 e. The zero-order valence-electron chi connectivity index (χ0n) is 10.8. The van der Waals surface area contributed by atoms with E-state index in [1.807, 2.05) is 0 Å². The van der Waals surface area contributed by atoms with Gasteiger partial charge < -0.3 is 20.6 Å². The van der Waals surface area contributed by atoms with Crippen molar-refractivity contribution >= 4 is 0 Å². The van der Waals surface area contributed by atoms with Crippen molar-refractivity contribution < 1.29 is 15.3 Å². The Labute approximate surface area is 103 Å². The van der Waals surface area contributed by atoms with Crippen LogP contribution in [-0.4, -0.2) is 39.8 Å². The van der Waals surface area contributed by atoms with E-state index in [1.54, 1.807) is 12.2 Å². The van der Waals surface area contributed by atoms with Gasteiger partial charge in [-0.1, -0.05) is 12.2 Å². The number of hydrogen-bond acceptors (Lipinski definition) is 4. The van der Waals surface area contributed by atoms with E-state index < -0.39 is 5.79 Å². The molecule has 0 fully saturated rings. The Morgan fingerprint density at radius 3 is 2.53 bits per heavy atom. The van der Waals surface area contributed by atoms with Crippen LogP contribution in [-0.2, 0) is 0 Å². The molecule has 4 heteroatoms. The van der Waals surface area contributed by atoms with Gasteiger partial charge in [-0.3, -0.25) is 0 Å². The highest BCUT2D eigenvalue weighted by Gasteiger charge is 2.28. The molecule has 0 bridgehead atoms. The third-order valence-electron chi connectivity index (χ3n) is 2.77. The molecule has 1 unspecified atom stereocenters. The van der Waals surface area contributed by atoms with Crippen LogP contribution in [0.15, 0.2) is 23.8 Å². The number of hydrogen-bond donors (Lipinski definition) is 4. The molecule has 17 heavy (non-hydrogen) atoms. The van der Waals surface area contributed by atoms with Gasteiger partial charge in [-0.2, -0.15) is 0 Å². The summed E-state index contributed by atoms with van der Waals surface area (Å²) in [6, 6.07) is 0. The van der Waals surface area contributed by atoms with Crippen LogP contribution in [0.5, 0.6) is 0 Å². The summed E-state index contributed by atoms with van der Waals surface area (Å²) in [5.41, 5.74) is 0.334. The van der Waals surface area contributed by atoms with E-state index in [1.165, 1.54) is 6.08 Å². The molecule has 0 saturated carbocycles. The van der Waals surface area contributed by atoms with Crippen molar-refractivity contribution in [3.63, 3.8) is 0 Å². The quantitative estimate of drug-likeness (QED) is 0.428. The maximum Gasteiger partial charge on any atom is 0.208 e. The molecule has 0 saturated heterocycles. The van der Waals surface area contributed by atoms with Crippen LogP contribution in [0, 0.1) is 5.92 Å². The summed E-state index contributed by atoms with van der Waals surface area (Å²) in [5.74, 6) is -1.85. The van der Waals surface area contributed by atoms with Gasteiger partial charge in [0.15, 0.2) is 0 Å². The van der Waals surface area contributed by atoms with Gasteiger partial charge in [-0.05, 0) is 45.7 Å². The van der Waals surface area contributed by atoms with Crippen LogP contribution in [0.25, 0.3) is 0 Å². The first-order chi connectivity index (χ1) is 7.74. The normalized spacial score (nSPS) is 23.6. The highest BCUT2D eigenvalue weighted by Crippen LogP contribution is 2.25. The van der Waals surface area contributed by atoms with Crippen molar-refractivity contribution in [2.24, 2.45) is 5.92 Å². The minimum Gasteiger partial charge on any atom is -0.392 e. The summed E-state index contributed by atoms with van der Waals surface area (Å²) >= 11 is 0. The molecule has 0 aromatic rings. The molecular formula is C13H23NO3. The minimum atomic E-state index is -1.98. The molecule has 0 aromatic carbocycles. The van der Waals surface area contributed by atoms with E-state index in [0.717, 1.165) is 13.0 Å². The van der Waals surface area contributed by atoms with Crippen molar-refractivity contribution in [1.82, 2.24) is 5.32 Å². The Kier molecular flexibility index (Phi) is 4.49. The van der Waals surface area contributed by atoms with Crippen LogP contribution in [0.1, 0.15) is 27.2 Å². The van der Waals surface area contributed by atoms with E-state index in [-0.39, 0.29) is 23.6 Å². The third kappa shape index (κ3) is 4.60. The van der Waals surface area contributed by atoms with Gasteiger partial charge in [0.1, 0.15) is 0 Å². The molecule has 1 rings (SSSR count). The van der Waals surface area contributed by atoms with Crippen LogP contribution < -0.4 is 5.32 Å². The number of aliphatic hydroxyl groups excluding tert-OH is 1. The van der Waals surface area contributed by atoms with Crippen molar-refractivity contribution in [2.75, 3.05) is 13.2 Å². The van der Waals surface area contributed by atoms with Gasteiger partial charge in [0.05, 0.1) is 6.61 Å². The molecule has 0 aromatic heterocycles. The zero-order chi connectivity index (χ0) is 13.1. The number of rotatable bonds is 4. The maximum atomic E-state index is 9.53. The van der Waals surface area contributed by atoms with Gasteiger partial charge in [-0.25, -0.2) is 0 Å². The minimum absolute atomic E-state index is 0.0830. The van der Waals surface area contributed by atoms with Gasteiger partial charge in [0.25, 0.3) is 0 Å². The molecule has 1 atom stereocenters. The molecule has 1 aliphatic rings. The lowest BCUT2D eigenvalue weighted by Gasteiger charge is -2.27. The van der Waals surface area contributed by atoms with E-state index in [9.17, 15) is 10.2 Å². The van der Waals surface area contributed by atoms with Crippen molar-refractivity contribution in [1.29, 1.82) is 0 Å². The van der Waals surface area contributed by atoms with E-state index in [4.69, 9.17) is 5.11 Å². The maximum absolute atomic E-state index is 9.53. The average Bonchev–Trinajstić information content (AvgIpc) is 2.18. The lowest BCUT2D eigenvalue weighted by molar-refractivity contribution is -0.0920. The summed E-state index contributed by atoms with van der Waals surface area (Å²) < 4.78 is 0. The van der Waals surface area contributed by atoms with Crippen LogP contribution in [0.2, 0.25) is 0 Å². The highest BCUT2D eigenvalue weighted by atomic mass is 16.5. The molecule has 0 aliphatic heterocycles. The predicted octanol–water partition coefficient (Wildman–Crippen LogP) is 0.550. The van der Waals surface area contributed by atoms with Crippen molar-refractivity contribution in [3.8, 4) is 0 Å². The first-order valence-electron chi connectivity index (χ1n) is 5.96. The van der Waals surface area contributed by atoms with Crippen molar-refractivity contribution in [3.05, 3.63) is 23.8 Å². The molecule has 0 radical (unpaired) electrons. The second-order valence-corrected chi connectivity index (χ2v) is 5.56. The molecule has 0 heterocycles. The first-order valence-corrected chi connectivity index (χ1v) is 5.96. The van der Waals surface area contributed by atoms with Gasteiger partial charge >= 0.3 is 0 Å².